The molecule has 3 aromatic rings. The first-order valence-electron chi connectivity index (χ1n) is 10.9. The Kier molecular flexibility index (Phi) is 4.34. The van der Waals surface area contributed by atoms with E-state index in [1.54, 1.807) is 72.8 Å². The summed E-state index contributed by atoms with van der Waals surface area (Å²) in [5, 5.41) is 0. The minimum Gasteiger partial charge on any atom is -0.495 e. The fraction of sp³-hybridized carbons (Fsp3) is 0.185. The topological polar surface area (TPSA) is 90.0 Å². The van der Waals surface area contributed by atoms with Crippen molar-refractivity contribution in [2.24, 2.45) is 11.8 Å². The van der Waals surface area contributed by atoms with Crippen LogP contribution in [0.5, 0.6) is 5.75 Å². The number of methoxy groups -OCH3 is 1. The number of anilines is 1. The van der Waals surface area contributed by atoms with E-state index >= 15 is 0 Å². The molecule has 1 spiro atoms. The summed E-state index contributed by atoms with van der Waals surface area (Å²) in [5.41, 5.74) is -0.786. The van der Waals surface area contributed by atoms with Gasteiger partial charge in [0.15, 0.2) is 0 Å². The van der Waals surface area contributed by atoms with Crippen LogP contribution in [0.15, 0.2) is 78.9 Å². The molecule has 3 aliphatic rings. The lowest BCUT2D eigenvalue weighted by Gasteiger charge is -2.27. The van der Waals surface area contributed by atoms with Gasteiger partial charge in [0.1, 0.15) is 5.75 Å². The van der Waals surface area contributed by atoms with Crippen LogP contribution in [-0.2, 0) is 14.3 Å². The van der Waals surface area contributed by atoms with Crippen LogP contribution in [-0.4, -0.2) is 36.1 Å². The van der Waals surface area contributed by atoms with Gasteiger partial charge in [0.05, 0.1) is 30.7 Å². The standard InChI is InChI=1S/C27H19NO6/c1-33-19-14-8-7-13-18(19)28-25(31)20-21(26(28)32)27(34-22(20)15-9-3-2-4-10-15)23(29)16-11-5-6-12-17(16)24(27)30/h2-14,20-22H,1H3/t20-,21+,22+/m1/s1. The van der Waals surface area contributed by atoms with Gasteiger partial charge >= 0.3 is 0 Å². The number of nitrogens with zero attached hydrogens (tertiary/aromatic N) is 1. The van der Waals surface area contributed by atoms with E-state index in [0.29, 0.717) is 11.3 Å². The van der Waals surface area contributed by atoms with E-state index in [1.807, 2.05) is 6.07 Å². The molecule has 0 aromatic heterocycles. The third kappa shape index (κ3) is 2.44. The minimum absolute atomic E-state index is 0.205. The Morgan fingerprint density at radius 1 is 0.765 bits per heavy atom. The van der Waals surface area contributed by atoms with E-state index in [2.05, 4.69) is 0 Å². The SMILES string of the molecule is COc1ccccc1N1C(=O)[C@@H]2[C@@H](C1=O)C1(O[C@H]2c2ccccc2)C(=O)c2ccccc2C1=O. The Morgan fingerprint density at radius 2 is 1.35 bits per heavy atom. The number of hydrogen-bond donors (Lipinski definition) is 0. The normalized spacial score (nSPS) is 24.6. The average Bonchev–Trinajstić information content (AvgIpc) is 3.44. The first-order chi connectivity index (χ1) is 16.5. The zero-order valence-electron chi connectivity index (χ0n) is 18.1. The van der Waals surface area contributed by atoms with Gasteiger partial charge in [-0.25, -0.2) is 4.90 Å². The van der Waals surface area contributed by atoms with Crippen LogP contribution in [0.1, 0.15) is 32.4 Å². The Bertz CT molecular complexity index is 1350. The van der Waals surface area contributed by atoms with Crippen LogP contribution in [0.2, 0.25) is 0 Å². The summed E-state index contributed by atoms with van der Waals surface area (Å²) in [7, 11) is 1.45. The van der Waals surface area contributed by atoms with Crippen LogP contribution in [0.25, 0.3) is 0 Å². The molecule has 34 heavy (non-hydrogen) atoms. The van der Waals surface area contributed by atoms with Crippen LogP contribution < -0.4 is 9.64 Å². The summed E-state index contributed by atoms with van der Waals surface area (Å²) >= 11 is 0. The van der Waals surface area contributed by atoms with Gasteiger partial charge < -0.3 is 9.47 Å². The van der Waals surface area contributed by atoms with E-state index in [9.17, 15) is 19.2 Å². The molecule has 2 heterocycles. The number of benzene rings is 3. The largest absolute Gasteiger partial charge is 0.495 e. The number of fused-ring (bicyclic) bond motifs is 3. The highest BCUT2D eigenvalue weighted by Gasteiger charge is 2.74. The Labute approximate surface area is 194 Å². The molecule has 2 saturated heterocycles. The molecule has 3 atom stereocenters. The maximum Gasteiger partial charge on any atom is 0.241 e. The molecular weight excluding hydrogens is 434 g/mol. The highest BCUT2D eigenvalue weighted by atomic mass is 16.5. The van der Waals surface area contributed by atoms with Crippen LogP contribution in [0, 0.1) is 11.8 Å². The van der Waals surface area contributed by atoms with Gasteiger partial charge in [-0.15, -0.1) is 0 Å². The van der Waals surface area contributed by atoms with Crippen molar-refractivity contribution < 1.29 is 28.7 Å². The van der Waals surface area contributed by atoms with Gasteiger partial charge in [-0.05, 0) is 17.7 Å². The smallest absolute Gasteiger partial charge is 0.241 e. The lowest BCUT2D eigenvalue weighted by Crippen LogP contribution is -2.51. The second-order valence-corrected chi connectivity index (χ2v) is 8.58. The maximum atomic E-state index is 13.9. The quantitative estimate of drug-likeness (QED) is 0.446. The van der Waals surface area contributed by atoms with Gasteiger partial charge in [0.25, 0.3) is 0 Å². The van der Waals surface area contributed by atoms with Crippen molar-refractivity contribution in [1.82, 2.24) is 0 Å². The number of amides is 2. The number of carbonyl (C=O) groups is 4. The lowest BCUT2D eigenvalue weighted by atomic mass is 9.77. The number of carbonyl (C=O) groups excluding carboxylic acids is 4. The molecule has 6 rings (SSSR count). The number of rotatable bonds is 3. The molecule has 0 radical (unpaired) electrons. The number of Topliss-reactive ketones (excluding diaryl/α,β-unsaturated/α-hetero) is 2. The van der Waals surface area contributed by atoms with Gasteiger partial charge in [-0.2, -0.15) is 0 Å². The fourth-order valence-corrected chi connectivity index (χ4v) is 5.51. The number of hydrogen-bond acceptors (Lipinski definition) is 6. The Hall–Kier alpha value is -4.10. The number of ether oxygens (including phenoxy) is 2. The predicted molar refractivity (Wildman–Crippen MR) is 121 cm³/mol. The summed E-state index contributed by atoms with van der Waals surface area (Å²) in [6.45, 7) is 0. The van der Waals surface area contributed by atoms with E-state index in [0.717, 1.165) is 4.90 Å². The van der Waals surface area contributed by atoms with Crippen molar-refractivity contribution >= 4 is 29.1 Å². The highest BCUT2D eigenvalue weighted by molar-refractivity contribution is 6.37. The van der Waals surface area contributed by atoms with Crippen molar-refractivity contribution in [3.8, 4) is 5.75 Å². The average molecular weight is 453 g/mol. The second-order valence-electron chi connectivity index (χ2n) is 8.58. The number of imide groups is 1. The first-order valence-corrected chi connectivity index (χ1v) is 10.9. The third-order valence-electron chi connectivity index (χ3n) is 6.97. The van der Waals surface area contributed by atoms with Crippen molar-refractivity contribution in [2.75, 3.05) is 12.0 Å². The van der Waals surface area contributed by atoms with Crippen molar-refractivity contribution in [1.29, 1.82) is 0 Å². The number of ketones is 2. The Balaban J connectivity index is 1.56. The van der Waals surface area contributed by atoms with Gasteiger partial charge in [0, 0.05) is 11.1 Å². The van der Waals surface area contributed by atoms with E-state index in [4.69, 9.17) is 9.47 Å². The zero-order chi connectivity index (χ0) is 23.6. The molecule has 2 fully saturated rings. The fourth-order valence-electron chi connectivity index (χ4n) is 5.51. The molecule has 0 N–H and O–H groups in total. The van der Waals surface area contributed by atoms with Crippen molar-refractivity contribution in [3.05, 3.63) is 95.6 Å². The maximum absolute atomic E-state index is 13.9. The zero-order valence-corrected chi connectivity index (χ0v) is 18.1. The minimum atomic E-state index is -2.08. The molecule has 7 nitrogen and oxygen atoms in total. The van der Waals surface area contributed by atoms with Gasteiger partial charge in [-0.3, -0.25) is 19.2 Å². The van der Waals surface area contributed by atoms with E-state index in [1.165, 1.54) is 7.11 Å². The Morgan fingerprint density at radius 3 is 2.00 bits per heavy atom. The summed E-state index contributed by atoms with van der Waals surface area (Å²) in [5.74, 6) is -4.32. The predicted octanol–water partition coefficient (Wildman–Crippen LogP) is 3.39. The third-order valence-corrected chi connectivity index (χ3v) is 6.97. The second kappa shape index (κ2) is 7.20. The highest BCUT2D eigenvalue weighted by Crippen LogP contribution is 2.58. The monoisotopic (exact) mass is 453 g/mol. The van der Waals surface area contributed by atoms with Gasteiger partial charge in [0.2, 0.25) is 29.0 Å². The van der Waals surface area contributed by atoms with Crippen molar-refractivity contribution in [3.63, 3.8) is 0 Å². The molecule has 2 aliphatic heterocycles. The van der Waals surface area contributed by atoms with Crippen molar-refractivity contribution in [2.45, 2.75) is 11.7 Å². The molecule has 168 valence electrons. The van der Waals surface area contributed by atoms with Gasteiger partial charge in [-0.1, -0.05) is 66.7 Å². The van der Waals surface area contributed by atoms with Crippen LogP contribution in [0.3, 0.4) is 0 Å². The van der Waals surface area contributed by atoms with Crippen LogP contribution in [0.4, 0.5) is 5.69 Å². The molecule has 1 aliphatic carbocycles. The lowest BCUT2D eigenvalue weighted by molar-refractivity contribution is -0.127. The van der Waals surface area contributed by atoms with E-state index < -0.39 is 46.9 Å². The summed E-state index contributed by atoms with van der Waals surface area (Å²) in [6, 6.07) is 22.0. The summed E-state index contributed by atoms with van der Waals surface area (Å²) < 4.78 is 11.6. The molecular formula is C27H19NO6. The van der Waals surface area contributed by atoms with E-state index in [-0.39, 0.29) is 16.8 Å². The molecule has 7 heteroatoms. The number of para-hydroxylation sites is 2. The molecule has 2 amide bonds. The first kappa shape index (κ1) is 20.5. The molecule has 3 aromatic carbocycles. The molecule has 0 bridgehead atoms. The molecule has 0 saturated carbocycles. The van der Waals surface area contributed by atoms with Crippen LogP contribution >= 0.6 is 0 Å². The molecule has 0 unspecified atom stereocenters. The summed E-state index contributed by atoms with van der Waals surface area (Å²) in [6.07, 6.45) is -0.940. The summed E-state index contributed by atoms with van der Waals surface area (Å²) in [4.78, 5) is 56.2.